The number of imide groups is 1. The summed E-state index contributed by atoms with van der Waals surface area (Å²) in [4.78, 5) is 42.2. The van der Waals surface area contributed by atoms with Gasteiger partial charge in [0.2, 0.25) is 15.7 Å². The van der Waals surface area contributed by atoms with Gasteiger partial charge in [0, 0.05) is 80.3 Å². The Kier molecular flexibility index (Phi) is 15.4. The van der Waals surface area contributed by atoms with Crippen molar-refractivity contribution in [3.8, 4) is 0 Å². The largest absolute Gasteiger partial charge is 0.344 e. The first-order chi connectivity index (χ1) is 30.1. The molecule has 2 amide bonds. The predicted molar refractivity (Wildman–Crippen MR) is 240 cm³/mol. The first-order valence-electron chi connectivity index (χ1n) is 20.4. The molecule has 2 aromatic carbocycles. The molecule has 0 unspecified atom stereocenters. The average Bonchev–Trinajstić information content (AvgIpc) is 3.70. The van der Waals surface area contributed by atoms with Gasteiger partial charge < -0.3 is 9.74 Å². The summed E-state index contributed by atoms with van der Waals surface area (Å²) >= 11 is 0. The van der Waals surface area contributed by atoms with Gasteiger partial charge in [-0.3, -0.25) is 23.2 Å². The van der Waals surface area contributed by atoms with E-state index in [1.54, 1.807) is 54.7 Å². The summed E-state index contributed by atoms with van der Waals surface area (Å²) in [6.45, 7) is 7.72. The fraction of sp³-hybridized carbons (Fsp3) is 0.429. The van der Waals surface area contributed by atoms with E-state index in [-0.39, 0.29) is 68.0 Å². The van der Waals surface area contributed by atoms with E-state index in [1.165, 1.54) is 31.3 Å². The molecule has 354 valence electrons. The minimum atomic E-state index is -4.51. The lowest BCUT2D eigenvalue weighted by atomic mass is 9.81. The Labute approximate surface area is 379 Å². The molecule has 5 rings (SSSR count). The van der Waals surface area contributed by atoms with E-state index in [4.69, 9.17) is 4.84 Å². The molecule has 0 atom stereocenters. The van der Waals surface area contributed by atoms with E-state index in [2.05, 4.69) is 0 Å². The van der Waals surface area contributed by atoms with Gasteiger partial charge in [0.1, 0.15) is 6.54 Å². The lowest BCUT2D eigenvalue weighted by Crippen LogP contribution is -2.33. The highest BCUT2D eigenvalue weighted by Gasteiger charge is 2.45. The van der Waals surface area contributed by atoms with Gasteiger partial charge in [0.15, 0.2) is 5.71 Å². The molecule has 2 aromatic rings. The highest BCUT2D eigenvalue weighted by Crippen LogP contribution is 2.48. The Balaban J connectivity index is 1.35. The quantitative estimate of drug-likeness (QED) is 0.0725. The zero-order chi connectivity index (χ0) is 48.3. The van der Waals surface area contributed by atoms with Crippen LogP contribution in [0, 0.1) is 0 Å². The number of carbonyl (C=O) groups is 3. The first kappa shape index (κ1) is 51.1. The van der Waals surface area contributed by atoms with Crippen LogP contribution in [0.1, 0.15) is 77.3 Å². The van der Waals surface area contributed by atoms with Gasteiger partial charge in [-0.05, 0) is 68.7 Å². The summed E-state index contributed by atoms with van der Waals surface area (Å²) in [5.74, 6) is -3.10. The van der Waals surface area contributed by atoms with E-state index in [9.17, 15) is 61.7 Å². The molecule has 0 aliphatic carbocycles. The van der Waals surface area contributed by atoms with Gasteiger partial charge >= 0.3 is 5.97 Å². The summed E-state index contributed by atoms with van der Waals surface area (Å²) in [7, 11) is -15.8. The van der Waals surface area contributed by atoms with E-state index in [0.717, 1.165) is 4.31 Å². The monoisotopic (exact) mass is 981 g/mol. The van der Waals surface area contributed by atoms with Gasteiger partial charge in [0.25, 0.3) is 42.2 Å². The third-order valence-electron chi connectivity index (χ3n) is 11.3. The number of allylic oxidation sites excluding steroid dienone is 8. The lowest BCUT2D eigenvalue weighted by Gasteiger charge is -2.27. The second-order valence-corrected chi connectivity index (χ2v) is 23.3. The summed E-state index contributed by atoms with van der Waals surface area (Å²) in [6.07, 6.45) is 12.0. The fourth-order valence-corrected chi connectivity index (χ4v) is 10.7. The van der Waals surface area contributed by atoms with Crippen molar-refractivity contribution >= 4 is 75.2 Å². The minimum Gasteiger partial charge on any atom is -0.344 e. The number of carbonyl (C=O) groups excluding carboxylic acids is 3. The molecule has 1 saturated heterocycles. The molecule has 0 spiro atoms. The van der Waals surface area contributed by atoms with Crippen molar-refractivity contribution in [2.45, 2.75) is 86.8 Å². The maximum atomic E-state index is 13.8. The molecule has 23 heteroatoms. The molecule has 0 radical (unpaired) electrons. The fourth-order valence-electron chi connectivity index (χ4n) is 7.96. The Morgan fingerprint density at radius 1 is 0.769 bits per heavy atom. The van der Waals surface area contributed by atoms with Crippen molar-refractivity contribution in [3.63, 3.8) is 0 Å². The second-order valence-electron chi connectivity index (χ2n) is 16.7. The van der Waals surface area contributed by atoms with Crippen LogP contribution in [0.2, 0.25) is 0 Å². The van der Waals surface area contributed by atoms with Crippen molar-refractivity contribution < 1.29 is 71.1 Å². The molecule has 3 heterocycles. The molecule has 0 aromatic heterocycles. The summed E-state index contributed by atoms with van der Waals surface area (Å²) < 4.78 is 129. The highest BCUT2D eigenvalue weighted by atomic mass is 32.2. The zero-order valence-corrected chi connectivity index (χ0v) is 39.7. The molecule has 1 fully saturated rings. The van der Waals surface area contributed by atoms with Crippen LogP contribution in [0.4, 0.5) is 11.4 Å². The lowest BCUT2D eigenvalue weighted by molar-refractivity contribution is -0.437. The highest BCUT2D eigenvalue weighted by molar-refractivity contribution is 7.89. The van der Waals surface area contributed by atoms with E-state index in [1.807, 2.05) is 37.2 Å². The summed E-state index contributed by atoms with van der Waals surface area (Å²) in [5.41, 5.74) is 2.24. The van der Waals surface area contributed by atoms with Gasteiger partial charge in [0.05, 0.1) is 26.7 Å². The van der Waals surface area contributed by atoms with Crippen molar-refractivity contribution in [2.75, 3.05) is 43.1 Å². The van der Waals surface area contributed by atoms with Crippen LogP contribution in [0.5, 0.6) is 0 Å². The standard InChI is InChI=1S/C42H52N4O15S4/c1-41(2)32-28-30(64(56,57)43(5)23-11-16-40(49)61-46-38(47)21-22-39(46)48)17-19-34(32)44(24-12-26-62(50,51)52)36(41)14-9-7-6-8-10-15-37-42(3,4)33-29-31(65(58,59)60)18-20-35(33)45(37)25-13-27-63(53,54)55/h6-10,14-15,17-20,28-29H,11-13,16,21-27H2,1-5H3,(H2-,50,51,52,53,54,55,58,59,60)/p+1. The molecule has 0 saturated carbocycles. The molecule has 3 N–H and O–H groups in total. The number of sulfonamides is 1. The maximum Gasteiger partial charge on any atom is 0.333 e. The number of amides is 2. The third-order valence-corrected chi connectivity index (χ3v) is 15.6. The molecular weight excluding hydrogens is 929 g/mol. The predicted octanol–water partition coefficient (Wildman–Crippen LogP) is 4.22. The molecule has 3 aliphatic rings. The van der Waals surface area contributed by atoms with E-state index < -0.39 is 80.5 Å². The molecular formula is C42H53N4O15S4+. The van der Waals surface area contributed by atoms with Crippen LogP contribution in [0.25, 0.3) is 0 Å². The summed E-state index contributed by atoms with van der Waals surface area (Å²) in [5, 5.41) is 0.430. The Bertz CT molecular complexity index is 2850. The summed E-state index contributed by atoms with van der Waals surface area (Å²) in [6, 6.07) is 8.75. The number of hydrogen-bond acceptors (Lipinski definition) is 13. The normalized spacial score (nSPS) is 18.4. The molecule has 0 bridgehead atoms. The topological polar surface area (TPSA) is 270 Å². The molecule has 19 nitrogen and oxygen atoms in total. The van der Waals surface area contributed by atoms with E-state index in [0.29, 0.717) is 39.0 Å². The smallest absolute Gasteiger partial charge is 0.333 e. The second kappa shape index (κ2) is 19.5. The van der Waals surface area contributed by atoms with Crippen molar-refractivity contribution in [2.24, 2.45) is 0 Å². The van der Waals surface area contributed by atoms with Gasteiger partial charge in [-0.15, -0.1) is 5.06 Å². The SMILES string of the molecule is CN(CCCC(=O)ON1C(=O)CCC1=O)S(=O)(=O)c1ccc2c(c1)C(C)(C)C(/C=C/C=C/C=C/C=C1/N(CCCS(=O)(=O)O)c3ccc(S(=O)(=O)O)cc3C1(C)C)=[N+]2CCCS(=O)(=O)O. The van der Waals surface area contributed by atoms with E-state index >= 15 is 0 Å². The number of benzene rings is 2. The maximum absolute atomic E-state index is 13.8. The third kappa shape index (κ3) is 12.1. The number of fused-ring (bicyclic) bond motifs is 2. The molecule has 3 aliphatic heterocycles. The average molecular weight is 982 g/mol. The molecule has 65 heavy (non-hydrogen) atoms. The van der Waals surface area contributed by atoms with Crippen molar-refractivity contribution in [1.82, 2.24) is 9.37 Å². The number of anilines is 1. The van der Waals surface area contributed by atoms with Crippen LogP contribution in [-0.4, -0.2) is 123 Å². The minimum absolute atomic E-state index is 0.0330. The number of nitrogens with zero attached hydrogens (tertiary/aromatic N) is 4. The Hall–Kier alpha value is -4.88. The zero-order valence-electron chi connectivity index (χ0n) is 36.4. The number of hydroxylamine groups is 2. The number of rotatable bonds is 20. The van der Waals surface area contributed by atoms with Crippen LogP contribution < -0.4 is 4.90 Å². The van der Waals surface area contributed by atoms with Crippen LogP contribution in [0.15, 0.2) is 94.4 Å². The number of hydrogen-bond donors (Lipinski definition) is 3. The Morgan fingerprint density at radius 3 is 1.98 bits per heavy atom. The van der Waals surface area contributed by atoms with Gasteiger partial charge in [-0.25, -0.2) is 17.5 Å². The van der Waals surface area contributed by atoms with Gasteiger partial charge in [-0.2, -0.15) is 29.8 Å². The van der Waals surface area contributed by atoms with Crippen LogP contribution in [-0.2, 0) is 70.4 Å². The van der Waals surface area contributed by atoms with Crippen LogP contribution >= 0.6 is 0 Å². The van der Waals surface area contributed by atoms with Crippen molar-refractivity contribution in [1.29, 1.82) is 0 Å². The Morgan fingerprint density at radius 2 is 1.35 bits per heavy atom. The van der Waals surface area contributed by atoms with Crippen molar-refractivity contribution in [3.05, 3.63) is 95.8 Å². The van der Waals surface area contributed by atoms with Gasteiger partial charge in [-0.1, -0.05) is 44.2 Å². The first-order valence-corrected chi connectivity index (χ1v) is 26.5. The van der Waals surface area contributed by atoms with Crippen LogP contribution in [0.3, 0.4) is 0 Å².